The van der Waals surface area contributed by atoms with Crippen molar-refractivity contribution in [3.8, 4) is 0 Å². The number of nitrogens with one attached hydrogen (secondary N) is 1. The van der Waals surface area contributed by atoms with Gasteiger partial charge < -0.3 is 15.1 Å². The molecule has 1 heterocycles. The highest BCUT2D eigenvalue weighted by molar-refractivity contribution is 9.10. The average Bonchev–Trinajstić information content (AvgIpc) is 2.57. The van der Waals surface area contributed by atoms with Gasteiger partial charge in [0, 0.05) is 36.3 Å². The fourth-order valence-electron chi connectivity index (χ4n) is 2.75. The Morgan fingerprint density at radius 2 is 1.78 bits per heavy atom. The number of urea groups is 1. The van der Waals surface area contributed by atoms with Gasteiger partial charge in [-0.1, -0.05) is 24.3 Å². The molecule has 1 N–H and O–H groups in total. The van der Waals surface area contributed by atoms with Crippen molar-refractivity contribution in [1.29, 1.82) is 0 Å². The number of hydrogen-bond acceptors (Lipinski definition) is 2. The lowest BCUT2D eigenvalue weighted by atomic mass is 10.2. The standard InChI is InChI=1S/C18H20BrN3O/c1-14-5-4-6-15(13-14)21-9-11-22(12-10-21)18(23)20-17-8-3-2-7-16(17)19/h2-8,13H,9-12H2,1H3,(H,20,23). The molecule has 5 heteroatoms. The fraction of sp³-hybridized carbons (Fsp3) is 0.278. The quantitative estimate of drug-likeness (QED) is 0.859. The van der Waals surface area contributed by atoms with E-state index in [0.29, 0.717) is 0 Å². The molecule has 0 radical (unpaired) electrons. The number of halogens is 1. The number of piperazine rings is 1. The molecule has 0 unspecified atom stereocenters. The molecule has 4 nitrogen and oxygen atoms in total. The molecule has 3 rings (SSSR count). The first-order valence-corrected chi connectivity index (χ1v) is 8.55. The van der Waals surface area contributed by atoms with Crippen LogP contribution in [0.2, 0.25) is 0 Å². The van der Waals surface area contributed by atoms with E-state index in [9.17, 15) is 4.79 Å². The molecule has 1 aliphatic heterocycles. The molecule has 2 aromatic carbocycles. The molecule has 0 aromatic heterocycles. The smallest absolute Gasteiger partial charge is 0.321 e. The molecule has 0 atom stereocenters. The number of hydrogen-bond donors (Lipinski definition) is 1. The predicted octanol–water partition coefficient (Wildman–Crippen LogP) is 4.11. The van der Waals surface area contributed by atoms with Crippen molar-refractivity contribution in [2.75, 3.05) is 36.4 Å². The number of aryl methyl sites for hydroxylation is 1. The number of nitrogens with zero attached hydrogens (tertiary/aromatic N) is 2. The summed E-state index contributed by atoms with van der Waals surface area (Å²) >= 11 is 3.45. The second-order valence-corrected chi connectivity index (χ2v) is 6.58. The van der Waals surface area contributed by atoms with Crippen LogP contribution in [-0.4, -0.2) is 37.1 Å². The molecule has 1 aliphatic rings. The summed E-state index contributed by atoms with van der Waals surface area (Å²) in [5.74, 6) is 0. The van der Waals surface area contributed by atoms with Gasteiger partial charge in [-0.05, 0) is 52.7 Å². The van der Waals surface area contributed by atoms with E-state index in [4.69, 9.17) is 0 Å². The maximum Gasteiger partial charge on any atom is 0.321 e. The maximum atomic E-state index is 12.4. The van der Waals surface area contributed by atoms with Gasteiger partial charge in [0.25, 0.3) is 0 Å². The van der Waals surface area contributed by atoms with Crippen molar-refractivity contribution in [2.24, 2.45) is 0 Å². The normalized spacial score (nSPS) is 14.7. The van der Waals surface area contributed by atoms with Crippen molar-refractivity contribution >= 4 is 33.3 Å². The molecule has 120 valence electrons. The highest BCUT2D eigenvalue weighted by Crippen LogP contribution is 2.22. The first-order chi connectivity index (χ1) is 11.1. The van der Waals surface area contributed by atoms with Crippen LogP contribution in [-0.2, 0) is 0 Å². The second kappa shape index (κ2) is 7.04. The van der Waals surface area contributed by atoms with Crippen LogP contribution >= 0.6 is 15.9 Å². The lowest BCUT2D eigenvalue weighted by molar-refractivity contribution is 0.208. The largest absolute Gasteiger partial charge is 0.368 e. The van der Waals surface area contributed by atoms with Crippen LogP contribution in [0, 0.1) is 6.92 Å². The van der Waals surface area contributed by atoms with Gasteiger partial charge in [-0.3, -0.25) is 0 Å². The van der Waals surface area contributed by atoms with E-state index in [-0.39, 0.29) is 6.03 Å². The number of carbonyl (C=O) groups is 1. The average molecular weight is 374 g/mol. The minimum absolute atomic E-state index is 0.0409. The zero-order valence-corrected chi connectivity index (χ0v) is 14.7. The first kappa shape index (κ1) is 15.9. The lowest BCUT2D eigenvalue weighted by Crippen LogP contribution is -2.50. The number of amides is 2. The molecule has 0 aliphatic carbocycles. The van der Waals surface area contributed by atoms with Gasteiger partial charge in [0.1, 0.15) is 0 Å². The highest BCUT2D eigenvalue weighted by Gasteiger charge is 2.21. The minimum Gasteiger partial charge on any atom is -0.368 e. The topological polar surface area (TPSA) is 35.6 Å². The van der Waals surface area contributed by atoms with Gasteiger partial charge in [0.2, 0.25) is 0 Å². The van der Waals surface area contributed by atoms with E-state index in [1.807, 2.05) is 29.2 Å². The first-order valence-electron chi connectivity index (χ1n) is 7.75. The van der Waals surface area contributed by atoms with Crippen molar-refractivity contribution < 1.29 is 4.79 Å². The van der Waals surface area contributed by atoms with E-state index in [2.05, 4.69) is 57.3 Å². The molecule has 2 aromatic rings. The lowest BCUT2D eigenvalue weighted by Gasteiger charge is -2.36. The Morgan fingerprint density at radius 1 is 1.04 bits per heavy atom. The summed E-state index contributed by atoms with van der Waals surface area (Å²) in [6, 6.07) is 16.1. The number of carbonyl (C=O) groups excluding carboxylic acids is 1. The van der Waals surface area contributed by atoms with Crippen molar-refractivity contribution in [3.05, 3.63) is 58.6 Å². The van der Waals surface area contributed by atoms with Crippen LogP contribution in [0.5, 0.6) is 0 Å². The molecule has 1 fully saturated rings. The van der Waals surface area contributed by atoms with Crippen LogP contribution in [0.25, 0.3) is 0 Å². The zero-order chi connectivity index (χ0) is 16.2. The number of benzene rings is 2. The van der Waals surface area contributed by atoms with E-state index >= 15 is 0 Å². The summed E-state index contributed by atoms with van der Waals surface area (Å²) < 4.78 is 0.895. The van der Waals surface area contributed by atoms with Gasteiger partial charge >= 0.3 is 6.03 Å². The summed E-state index contributed by atoms with van der Waals surface area (Å²) in [6.07, 6.45) is 0. The zero-order valence-electron chi connectivity index (χ0n) is 13.1. The highest BCUT2D eigenvalue weighted by atomic mass is 79.9. The van der Waals surface area contributed by atoms with Crippen molar-refractivity contribution in [3.63, 3.8) is 0 Å². The second-order valence-electron chi connectivity index (χ2n) is 5.72. The SMILES string of the molecule is Cc1cccc(N2CCN(C(=O)Nc3ccccc3Br)CC2)c1. The van der Waals surface area contributed by atoms with Gasteiger partial charge in [0.15, 0.2) is 0 Å². The molecule has 0 spiro atoms. The van der Waals surface area contributed by atoms with E-state index in [1.165, 1.54) is 11.3 Å². The van der Waals surface area contributed by atoms with Gasteiger partial charge in [-0.25, -0.2) is 4.79 Å². The molecule has 2 amide bonds. The van der Waals surface area contributed by atoms with Gasteiger partial charge in [0.05, 0.1) is 5.69 Å². The van der Waals surface area contributed by atoms with Gasteiger partial charge in [-0.15, -0.1) is 0 Å². The Labute approximate surface area is 145 Å². The molecule has 23 heavy (non-hydrogen) atoms. The van der Waals surface area contributed by atoms with Crippen molar-refractivity contribution in [1.82, 2.24) is 4.90 Å². The molecular formula is C18H20BrN3O. The Bertz CT molecular complexity index is 696. The summed E-state index contributed by atoms with van der Waals surface area (Å²) in [5, 5.41) is 2.97. The van der Waals surface area contributed by atoms with E-state index in [1.54, 1.807) is 0 Å². The van der Waals surface area contributed by atoms with Crippen LogP contribution in [0.15, 0.2) is 53.0 Å². The fourth-order valence-corrected chi connectivity index (χ4v) is 3.13. The van der Waals surface area contributed by atoms with Crippen molar-refractivity contribution in [2.45, 2.75) is 6.92 Å². The van der Waals surface area contributed by atoms with Crippen LogP contribution in [0.4, 0.5) is 16.2 Å². The summed E-state index contributed by atoms with van der Waals surface area (Å²) in [7, 11) is 0. The van der Waals surface area contributed by atoms with E-state index in [0.717, 1.165) is 36.3 Å². The molecule has 1 saturated heterocycles. The number of anilines is 2. The number of rotatable bonds is 2. The third kappa shape index (κ3) is 3.85. The number of para-hydroxylation sites is 1. The Balaban J connectivity index is 1.58. The minimum atomic E-state index is -0.0409. The third-order valence-corrected chi connectivity index (χ3v) is 4.74. The van der Waals surface area contributed by atoms with Crippen LogP contribution in [0.3, 0.4) is 0 Å². The molecule has 0 bridgehead atoms. The third-order valence-electron chi connectivity index (χ3n) is 4.05. The maximum absolute atomic E-state index is 12.4. The van der Waals surface area contributed by atoms with Crippen LogP contribution in [0.1, 0.15) is 5.56 Å². The molecule has 0 saturated carbocycles. The molecular weight excluding hydrogens is 354 g/mol. The summed E-state index contributed by atoms with van der Waals surface area (Å²) in [6.45, 7) is 5.26. The Morgan fingerprint density at radius 3 is 2.48 bits per heavy atom. The predicted molar refractivity (Wildman–Crippen MR) is 98.1 cm³/mol. The Kier molecular flexibility index (Phi) is 4.86. The Hall–Kier alpha value is -2.01. The van der Waals surface area contributed by atoms with E-state index < -0.39 is 0 Å². The monoisotopic (exact) mass is 373 g/mol. The van der Waals surface area contributed by atoms with Crippen LogP contribution < -0.4 is 10.2 Å². The van der Waals surface area contributed by atoms with Gasteiger partial charge in [-0.2, -0.15) is 0 Å². The summed E-state index contributed by atoms with van der Waals surface area (Å²) in [4.78, 5) is 16.6. The summed E-state index contributed by atoms with van der Waals surface area (Å²) in [5.41, 5.74) is 3.30.